The fourth-order valence-corrected chi connectivity index (χ4v) is 3.61. The average molecular weight is 230 g/mol. The Morgan fingerprint density at radius 2 is 2.20 bits per heavy atom. The largest absolute Gasteiger partial charge is 0.266 e. The molecule has 2 bridgehead atoms. The van der Waals surface area contributed by atoms with Crippen molar-refractivity contribution in [3.8, 4) is 0 Å². The van der Waals surface area contributed by atoms with Crippen LogP contribution in [-0.4, -0.2) is 20.8 Å². The van der Waals surface area contributed by atoms with Gasteiger partial charge >= 0.3 is 0 Å². The van der Waals surface area contributed by atoms with Gasteiger partial charge in [0, 0.05) is 5.92 Å². The highest BCUT2D eigenvalue weighted by Crippen LogP contribution is 2.47. The topological polar surface area (TPSA) is 43.4 Å². The van der Waals surface area contributed by atoms with E-state index in [1.54, 1.807) is 0 Å². The first kappa shape index (κ1) is 11.1. The molecule has 86 valence electrons. The quantitative estimate of drug-likeness (QED) is 0.539. The Bertz CT molecular complexity index is 371. The van der Waals surface area contributed by atoms with Crippen LogP contribution < -0.4 is 0 Å². The minimum absolute atomic E-state index is 0.0146. The van der Waals surface area contributed by atoms with E-state index in [-0.39, 0.29) is 17.4 Å². The zero-order valence-corrected chi connectivity index (χ0v) is 10.1. The maximum Gasteiger partial charge on any atom is 0.264 e. The summed E-state index contributed by atoms with van der Waals surface area (Å²) < 4.78 is 27.7. The highest BCUT2D eigenvalue weighted by Gasteiger charge is 2.45. The van der Waals surface area contributed by atoms with E-state index in [1.165, 1.54) is 6.42 Å². The maximum absolute atomic E-state index is 11.2. The Kier molecular flexibility index (Phi) is 2.67. The van der Waals surface area contributed by atoms with Crippen LogP contribution in [0.1, 0.15) is 32.6 Å². The van der Waals surface area contributed by atoms with Crippen LogP contribution in [0.2, 0.25) is 0 Å². The summed E-state index contributed by atoms with van der Waals surface area (Å²) >= 11 is 0. The summed E-state index contributed by atoms with van der Waals surface area (Å²) in [6, 6.07) is 0. The summed E-state index contributed by atoms with van der Waals surface area (Å²) in [5.74, 6) is 0.284. The second-order valence-electron chi connectivity index (χ2n) is 5.06. The predicted octanol–water partition coefficient (Wildman–Crippen LogP) is 2.10. The molecule has 0 aromatic carbocycles. The molecular formula is C11H18O3S. The lowest BCUT2D eigenvalue weighted by molar-refractivity contribution is -0.00827. The first-order chi connectivity index (χ1) is 6.91. The van der Waals surface area contributed by atoms with E-state index in [0.717, 1.165) is 25.5 Å². The highest BCUT2D eigenvalue weighted by atomic mass is 32.2. The van der Waals surface area contributed by atoms with Gasteiger partial charge in [-0.15, -0.1) is 0 Å². The molecular weight excluding hydrogens is 212 g/mol. The summed E-state index contributed by atoms with van der Waals surface area (Å²) in [7, 11) is -3.34. The van der Waals surface area contributed by atoms with Gasteiger partial charge in [0.2, 0.25) is 0 Å². The normalized spacial score (nSPS) is 40.4. The van der Waals surface area contributed by atoms with E-state index in [4.69, 9.17) is 4.18 Å². The van der Waals surface area contributed by atoms with E-state index in [1.807, 2.05) is 0 Å². The molecule has 0 spiro atoms. The van der Waals surface area contributed by atoms with Crippen molar-refractivity contribution < 1.29 is 12.6 Å². The predicted molar refractivity (Wildman–Crippen MR) is 58.9 cm³/mol. The third-order valence-corrected chi connectivity index (χ3v) is 4.16. The molecule has 0 N–H and O–H groups in total. The molecule has 0 aromatic rings. The van der Waals surface area contributed by atoms with Crippen molar-refractivity contribution >= 4 is 10.1 Å². The lowest BCUT2D eigenvalue weighted by atomic mass is 9.64. The van der Waals surface area contributed by atoms with Gasteiger partial charge in [-0.2, -0.15) is 8.42 Å². The average Bonchev–Trinajstić information content (AvgIpc) is 2.05. The van der Waals surface area contributed by atoms with Gasteiger partial charge in [-0.1, -0.05) is 25.5 Å². The smallest absolute Gasteiger partial charge is 0.264 e. The molecule has 15 heavy (non-hydrogen) atoms. The zero-order chi connectivity index (χ0) is 11.1. The molecule has 3 atom stereocenters. The number of fused-ring (bicyclic) bond motifs is 2. The fraction of sp³-hybridized carbons (Fsp3) is 0.818. The Balaban J connectivity index is 2.26. The molecule has 3 nitrogen and oxygen atoms in total. The van der Waals surface area contributed by atoms with Crippen LogP contribution in [0.25, 0.3) is 0 Å². The van der Waals surface area contributed by atoms with Crippen molar-refractivity contribution in [2.75, 3.05) is 6.26 Å². The second kappa shape index (κ2) is 3.59. The number of allylic oxidation sites excluding steroid dienone is 1. The first-order valence-electron chi connectivity index (χ1n) is 5.46. The molecule has 1 fully saturated rings. The Hall–Kier alpha value is -0.350. The first-order valence-corrected chi connectivity index (χ1v) is 7.27. The van der Waals surface area contributed by atoms with Crippen LogP contribution >= 0.6 is 0 Å². The lowest BCUT2D eigenvalue weighted by Gasteiger charge is -2.46. The van der Waals surface area contributed by atoms with Crippen molar-refractivity contribution in [1.82, 2.24) is 0 Å². The van der Waals surface area contributed by atoms with Gasteiger partial charge in [0.25, 0.3) is 10.1 Å². The van der Waals surface area contributed by atoms with Crippen molar-refractivity contribution in [1.29, 1.82) is 0 Å². The van der Waals surface area contributed by atoms with Gasteiger partial charge in [-0.05, 0) is 24.7 Å². The highest BCUT2D eigenvalue weighted by molar-refractivity contribution is 7.86. The molecule has 2 rings (SSSR count). The summed E-state index contributed by atoms with van der Waals surface area (Å²) in [5.41, 5.74) is 0.0146. The van der Waals surface area contributed by atoms with Crippen molar-refractivity contribution in [3.63, 3.8) is 0 Å². The van der Waals surface area contributed by atoms with E-state index >= 15 is 0 Å². The van der Waals surface area contributed by atoms with Crippen molar-refractivity contribution in [2.24, 2.45) is 11.3 Å². The van der Waals surface area contributed by atoms with E-state index in [2.05, 4.69) is 19.1 Å². The van der Waals surface area contributed by atoms with Gasteiger partial charge in [0.15, 0.2) is 0 Å². The molecule has 2 aliphatic rings. The number of hydrogen-bond donors (Lipinski definition) is 0. The fourth-order valence-electron chi connectivity index (χ4n) is 2.86. The molecule has 0 aliphatic heterocycles. The van der Waals surface area contributed by atoms with Gasteiger partial charge in [0.05, 0.1) is 12.4 Å². The molecule has 0 saturated heterocycles. The van der Waals surface area contributed by atoms with E-state index in [9.17, 15) is 8.42 Å². The van der Waals surface area contributed by atoms with E-state index < -0.39 is 10.1 Å². The molecule has 0 amide bonds. The van der Waals surface area contributed by atoms with Gasteiger partial charge in [0.1, 0.15) is 0 Å². The molecule has 0 unspecified atom stereocenters. The van der Waals surface area contributed by atoms with Gasteiger partial charge < -0.3 is 0 Å². The van der Waals surface area contributed by atoms with Crippen LogP contribution in [0.5, 0.6) is 0 Å². The minimum Gasteiger partial charge on any atom is -0.266 e. The molecule has 0 aromatic heterocycles. The van der Waals surface area contributed by atoms with Crippen molar-refractivity contribution in [3.05, 3.63) is 12.2 Å². The van der Waals surface area contributed by atoms with Gasteiger partial charge in [-0.3, -0.25) is 4.18 Å². The maximum atomic E-state index is 11.2. The van der Waals surface area contributed by atoms with Crippen LogP contribution in [-0.2, 0) is 14.3 Å². The van der Waals surface area contributed by atoms with Crippen LogP contribution in [0, 0.1) is 11.3 Å². The number of hydrogen-bond acceptors (Lipinski definition) is 3. The monoisotopic (exact) mass is 230 g/mol. The molecule has 4 heteroatoms. The third-order valence-electron chi connectivity index (χ3n) is 3.61. The minimum atomic E-state index is -3.34. The molecule has 1 saturated carbocycles. The molecule has 2 aliphatic carbocycles. The Labute approximate surface area is 91.6 Å². The standard InChI is InChI=1S/C11H18O3S/c1-11-7-3-5-9(6-4-8-11)10(11)14-15(2,12)13/h3,5,9-10H,4,6-8H2,1-2H3/t9-,10+,11+/m1/s1. The SMILES string of the molecule is C[C@]12CC=C[C@H](CCC1)[C@@H]2OS(C)(=O)=O. The lowest BCUT2D eigenvalue weighted by Crippen LogP contribution is -2.45. The summed E-state index contributed by atoms with van der Waals surface area (Å²) in [5, 5.41) is 0. The second-order valence-corrected chi connectivity index (χ2v) is 6.66. The van der Waals surface area contributed by atoms with Gasteiger partial charge in [-0.25, -0.2) is 0 Å². The van der Waals surface area contributed by atoms with Crippen LogP contribution in [0.4, 0.5) is 0 Å². The van der Waals surface area contributed by atoms with Crippen LogP contribution in [0.15, 0.2) is 12.2 Å². The number of rotatable bonds is 2. The summed E-state index contributed by atoms with van der Waals surface area (Å²) in [6.07, 6.45) is 9.51. The Morgan fingerprint density at radius 1 is 1.47 bits per heavy atom. The summed E-state index contributed by atoms with van der Waals surface area (Å²) in [6.45, 7) is 2.14. The van der Waals surface area contributed by atoms with E-state index in [0.29, 0.717) is 0 Å². The molecule has 0 radical (unpaired) electrons. The Morgan fingerprint density at radius 3 is 2.80 bits per heavy atom. The third kappa shape index (κ3) is 2.26. The van der Waals surface area contributed by atoms with Crippen LogP contribution in [0.3, 0.4) is 0 Å². The molecule has 0 heterocycles. The summed E-state index contributed by atoms with van der Waals surface area (Å²) in [4.78, 5) is 0. The van der Waals surface area contributed by atoms with Crippen molar-refractivity contribution in [2.45, 2.75) is 38.7 Å². The zero-order valence-electron chi connectivity index (χ0n) is 9.27.